The summed E-state index contributed by atoms with van der Waals surface area (Å²) in [6, 6.07) is 7.15. The zero-order valence-corrected chi connectivity index (χ0v) is 23.4. The molecular weight excluding hydrogens is 496 g/mol. The number of benzene rings is 2. The molecular formula is C27H33F2N3O4Si. The molecule has 37 heavy (non-hydrogen) atoms. The average molecular weight is 530 g/mol. The van der Waals surface area contributed by atoms with Gasteiger partial charge in [-0.2, -0.15) is 5.10 Å². The van der Waals surface area contributed by atoms with Crippen molar-refractivity contribution in [3.63, 3.8) is 0 Å². The van der Waals surface area contributed by atoms with Crippen LogP contribution in [0.4, 0.5) is 19.3 Å². The summed E-state index contributed by atoms with van der Waals surface area (Å²) in [6.07, 6.45) is -1.60. The lowest BCUT2D eigenvalue weighted by Gasteiger charge is -2.46. The maximum atomic E-state index is 14.9. The average Bonchev–Trinajstić information content (AvgIpc) is 2.75. The highest BCUT2D eigenvalue weighted by atomic mass is 28.4. The number of halogens is 2. The molecule has 198 valence electrons. The molecule has 1 N–H and O–H groups in total. The number of rotatable bonds is 3. The van der Waals surface area contributed by atoms with Crippen LogP contribution in [-0.4, -0.2) is 30.2 Å². The molecule has 2 unspecified atom stereocenters. The lowest BCUT2D eigenvalue weighted by Crippen LogP contribution is -2.49. The number of hydrogen-bond donors (Lipinski definition) is 1. The summed E-state index contributed by atoms with van der Waals surface area (Å²) in [4.78, 5) is 27.8. The van der Waals surface area contributed by atoms with Crippen LogP contribution in [0.15, 0.2) is 41.2 Å². The van der Waals surface area contributed by atoms with E-state index in [4.69, 9.17) is 9.16 Å². The van der Waals surface area contributed by atoms with E-state index in [-0.39, 0.29) is 16.1 Å². The van der Waals surface area contributed by atoms with Gasteiger partial charge in [0.1, 0.15) is 29.0 Å². The van der Waals surface area contributed by atoms with E-state index in [0.29, 0.717) is 16.6 Å². The molecule has 0 radical (unpaired) electrons. The Hall–Kier alpha value is -3.11. The number of aromatic amines is 1. The maximum absolute atomic E-state index is 14.9. The number of ether oxygens (including phenoxy) is 1. The third-order valence-electron chi connectivity index (χ3n) is 6.98. The predicted molar refractivity (Wildman–Crippen MR) is 141 cm³/mol. The number of carbonyl (C=O) groups excluding carboxylic acids is 1. The first-order valence-electron chi connectivity index (χ1n) is 12.2. The van der Waals surface area contributed by atoms with Gasteiger partial charge in [0.05, 0.1) is 17.1 Å². The summed E-state index contributed by atoms with van der Waals surface area (Å²) in [5, 5.41) is 6.99. The van der Waals surface area contributed by atoms with Crippen LogP contribution in [-0.2, 0) is 9.16 Å². The minimum Gasteiger partial charge on any atom is -0.443 e. The number of H-pyrrole nitrogens is 1. The summed E-state index contributed by atoms with van der Waals surface area (Å²) >= 11 is 0. The summed E-state index contributed by atoms with van der Waals surface area (Å²) in [7, 11) is -2.51. The highest BCUT2D eigenvalue weighted by Gasteiger charge is 2.48. The van der Waals surface area contributed by atoms with Crippen molar-refractivity contribution in [2.24, 2.45) is 0 Å². The lowest BCUT2D eigenvalue weighted by atomic mass is 9.89. The van der Waals surface area contributed by atoms with Gasteiger partial charge in [-0.15, -0.1) is 0 Å². The maximum Gasteiger partial charge on any atom is 0.415 e. The van der Waals surface area contributed by atoms with E-state index in [2.05, 4.69) is 44.1 Å². The van der Waals surface area contributed by atoms with Crippen LogP contribution in [0.25, 0.3) is 10.8 Å². The van der Waals surface area contributed by atoms with Crippen LogP contribution in [0, 0.1) is 11.6 Å². The van der Waals surface area contributed by atoms with Gasteiger partial charge >= 0.3 is 6.09 Å². The first kappa shape index (κ1) is 26.9. The van der Waals surface area contributed by atoms with Gasteiger partial charge in [0.25, 0.3) is 5.56 Å². The highest BCUT2D eigenvalue weighted by Crippen LogP contribution is 2.51. The second kappa shape index (κ2) is 9.02. The topological polar surface area (TPSA) is 84.5 Å². The Morgan fingerprint density at radius 2 is 1.65 bits per heavy atom. The van der Waals surface area contributed by atoms with Crippen LogP contribution < -0.4 is 10.5 Å². The molecule has 2 atom stereocenters. The second-order valence-electron chi connectivity index (χ2n) is 11.9. The molecule has 4 rings (SSSR count). The van der Waals surface area contributed by atoms with Crippen molar-refractivity contribution < 1.29 is 22.7 Å². The van der Waals surface area contributed by atoms with Crippen LogP contribution in [0.5, 0.6) is 0 Å². The molecule has 0 spiro atoms. The molecule has 7 nitrogen and oxygen atoms in total. The highest BCUT2D eigenvalue weighted by molar-refractivity contribution is 6.74. The number of amides is 1. The van der Waals surface area contributed by atoms with E-state index in [0.717, 1.165) is 6.07 Å². The largest absolute Gasteiger partial charge is 0.443 e. The van der Waals surface area contributed by atoms with Crippen LogP contribution >= 0.6 is 0 Å². The Kier molecular flexibility index (Phi) is 6.57. The first-order chi connectivity index (χ1) is 17.0. The molecule has 0 saturated heterocycles. The van der Waals surface area contributed by atoms with E-state index in [1.54, 1.807) is 32.9 Å². The number of carbonyl (C=O) groups is 1. The van der Waals surface area contributed by atoms with Crippen molar-refractivity contribution in [2.45, 2.75) is 77.4 Å². The number of nitrogens with zero attached hydrogens (tertiary/aromatic N) is 2. The Bertz CT molecular complexity index is 1410. The van der Waals surface area contributed by atoms with Gasteiger partial charge in [-0.3, -0.25) is 9.69 Å². The van der Waals surface area contributed by atoms with Crippen molar-refractivity contribution in [1.29, 1.82) is 0 Å². The van der Waals surface area contributed by atoms with Crippen LogP contribution in [0.2, 0.25) is 18.1 Å². The molecule has 2 aromatic carbocycles. The zero-order chi connectivity index (χ0) is 27.5. The van der Waals surface area contributed by atoms with Gasteiger partial charge in [0.2, 0.25) is 0 Å². The van der Waals surface area contributed by atoms with Crippen LogP contribution in [0.3, 0.4) is 0 Å². The zero-order valence-electron chi connectivity index (χ0n) is 22.4. The fraction of sp³-hybridized carbons (Fsp3) is 0.444. The molecule has 3 aromatic rings. The molecule has 1 amide bonds. The number of aromatic nitrogens is 2. The summed E-state index contributed by atoms with van der Waals surface area (Å²) in [5.41, 5.74) is -0.382. The lowest BCUT2D eigenvalue weighted by molar-refractivity contribution is 0.0508. The molecule has 1 aliphatic heterocycles. The number of nitrogens with one attached hydrogen (secondary N) is 1. The third-order valence-corrected chi connectivity index (χ3v) is 11.4. The molecule has 1 aromatic heterocycles. The second-order valence-corrected chi connectivity index (χ2v) is 16.7. The quantitative estimate of drug-likeness (QED) is 0.379. The summed E-state index contributed by atoms with van der Waals surface area (Å²) < 4.78 is 41.5. The fourth-order valence-corrected chi connectivity index (χ4v) is 5.45. The molecule has 1 aliphatic rings. The first-order valence-corrected chi connectivity index (χ1v) is 15.1. The molecule has 0 saturated carbocycles. The molecule has 2 heterocycles. The number of anilines is 1. The van der Waals surface area contributed by atoms with Gasteiger partial charge in [-0.05, 0) is 68.7 Å². The van der Waals surface area contributed by atoms with Crippen molar-refractivity contribution >= 4 is 30.9 Å². The van der Waals surface area contributed by atoms with E-state index >= 15 is 0 Å². The normalized spacial score (nSPS) is 18.3. The predicted octanol–water partition coefficient (Wildman–Crippen LogP) is 6.76. The minimum absolute atomic E-state index is 0.0509. The molecule has 0 bridgehead atoms. The standard InChI is InChI=1S/C27H33F2N3O4Si/c1-26(2,3)35-25(34)32-19-14-17(29)13-18-20(19)21(30-31-24(18)33)23(36-37(7,8)27(4,5)6)22(32)15-9-11-16(28)12-10-15/h9-14,22-23H,1-8H3,(H,31,33). The van der Waals surface area contributed by atoms with E-state index in [1.807, 2.05) is 0 Å². The Labute approximate surface area is 215 Å². The number of hydrogen-bond acceptors (Lipinski definition) is 5. The van der Waals surface area contributed by atoms with Gasteiger partial charge in [-0.25, -0.2) is 18.7 Å². The van der Waals surface area contributed by atoms with Gasteiger partial charge in [0, 0.05) is 5.39 Å². The van der Waals surface area contributed by atoms with Crippen molar-refractivity contribution in [1.82, 2.24) is 10.2 Å². The smallest absolute Gasteiger partial charge is 0.415 e. The Morgan fingerprint density at radius 3 is 2.22 bits per heavy atom. The van der Waals surface area contributed by atoms with Gasteiger partial charge < -0.3 is 9.16 Å². The Balaban J connectivity index is 2.08. The molecule has 10 heteroatoms. The van der Waals surface area contributed by atoms with Crippen molar-refractivity contribution in [2.75, 3.05) is 4.90 Å². The summed E-state index contributed by atoms with van der Waals surface area (Å²) in [6.45, 7) is 15.6. The van der Waals surface area contributed by atoms with E-state index < -0.39 is 49.4 Å². The summed E-state index contributed by atoms with van der Waals surface area (Å²) in [5.74, 6) is -1.14. The molecule has 0 aliphatic carbocycles. The van der Waals surface area contributed by atoms with E-state index in [9.17, 15) is 18.4 Å². The van der Waals surface area contributed by atoms with Crippen LogP contribution in [0.1, 0.15) is 64.9 Å². The van der Waals surface area contributed by atoms with E-state index in [1.165, 1.54) is 23.1 Å². The Morgan fingerprint density at radius 1 is 1.03 bits per heavy atom. The minimum atomic E-state index is -2.51. The molecule has 0 fully saturated rings. The fourth-order valence-electron chi connectivity index (χ4n) is 4.22. The third kappa shape index (κ3) is 5.04. The monoisotopic (exact) mass is 529 g/mol. The SMILES string of the molecule is CC(C)(C)OC(=O)N1c2cc(F)cc3c(=O)[nH]nc(c23)C(O[Si](C)(C)C(C)(C)C)C1c1ccc(F)cc1. The van der Waals surface area contributed by atoms with Gasteiger partial charge in [-0.1, -0.05) is 32.9 Å². The van der Waals surface area contributed by atoms with Crippen molar-refractivity contribution in [3.8, 4) is 0 Å². The van der Waals surface area contributed by atoms with Gasteiger partial charge in [0.15, 0.2) is 8.32 Å². The van der Waals surface area contributed by atoms with Crippen molar-refractivity contribution in [3.05, 3.63) is 69.6 Å².